The highest BCUT2D eigenvalue weighted by Crippen LogP contribution is 2.28. The van der Waals surface area contributed by atoms with Gasteiger partial charge in [-0.15, -0.1) is 0 Å². The Kier molecular flexibility index (Phi) is 3.22. The molecular weight excluding hydrogens is 224 g/mol. The van der Waals surface area contributed by atoms with Crippen LogP contribution in [0.4, 0.5) is 5.82 Å². The van der Waals surface area contributed by atoms with Crippen LogP contribution in [0.1, 0.15) is 24.0 Å². The summed E-state index contributed by atoms with van der Waals surface area (Å²) in [4.78, 5) is 9.62. The zero-order valence-electron chi connectivity index (χ0n) is 11.1. The van der Waals surface area contributed by atoms with Crippen molar-refractivity contribution >= 4 is 5.82 Å². The fraction of sp³-hybridized carbons (Fsp3) is 0.643. The van der Waals surface area contributed by atoms with E-state index in [2.05, 4.69) is 27.8 Å². The van der Waals surface area contributed by atoms with Crippen LogP contribution in [0.3, 0.4) is 0 Å². The van der Waals surface area contributed by atoms with Crippen molar-refractivity contribution in [3.63, 3.8) is 0 Å². The first-order valence-electron chi connectivity index (χ1n) is 6.92. The summed E-state index contributed by atoms with van der Waals surface area (Å²) in [6, 6.07) is 3.05. The van der Waals surface area contributed by atoms with Crippen molar-refractivity contribution in [2.75, 3.05) is 31.1 Å². The number of aryl methyl sites for hydroxylation is 1. The number of anilines is 1. The van der Waals surface area contributed by atoms with E-state index in [-0.39, 0.29) is 0 Å². The quantitative estimate of drug-likeness (QED) is 0.868. The van der Waals surface area contributed by atoms with Gasteiger partial charge in [0.25, 0.3) is 0 Å². The average Bonchev–Trinajstić information content (AvgIpc) is 3.23. The Hall–Kier alpha value is -1.13. The minimum absolute atomic E-state index is 0.573. The van der Waals surface area contributed by atoms with Gasteiger partial charge in [0.1, 0.15) is 5.82 Å². The zero-order valence-corrected chi connectivity index (χ0v) is 11.1. The first kappa shape index (κ1) is 11.9. The molecule has 3 rings (SSSR count). The normalized spacial score (nSPS) is 21.3. The molecular formula is C14H22N4. The van der Waals surface area contributed by atoms with E-state index in [0.717, 1.165) is 30.5 Å². The predicted molar refractivity (Wildman–Crippen MR) is 73.7 cm³/mol. The smallest absolute Gasteiger partial charge is 0.131 e. The maximum Gasteiger partial charge on any atom is 0.131 e. The third-order valence-electron chi connectivity index (χ3n) is 4.02. The highest BCUT2D eigenvalue weighted by Gasteiger charge is 2.31. The summed E-state index contributed by atoms with van der Waals surface area (Å²) in [5.41, 5.74) is 8.01. The maximum atomic E-state index is 5.65. The van der Waals surface area contributed by atoms with Gasteiger partial charge in [-0.05, 0) is 37.0 Å². The second-order valence-corrected chi connectivity index (χ2v) is 5.44. The van der Waals surface area contributed by atoms with Crippen molar-refractivity contribution in [3.8, 4) is 0 Å². The summed E-state index contributed by atoms with van der Waals surface area (Å²) in [6.07, 6.45) is 4.72. The van der Waals surface area contributed by atoms with E-state index in [9.17, 15) is 0 Å². The lowest BCUT2D eigenvalue weighted by molar-refractivity contribution is 0.247. The van der Waals surface area contributed by atoms with Gasteiger partial charge in [-0.25, -0.2) is 4.98 Å². The molecule has 2 aliphatic rings. The highest BCUT2D eigenvalue weighted by atomic mass is 15.3. The molecule has 1 aliphatic carbocycles. The maximum absolute atomic E-state index is 5.65. The van der Waals surface area contributed by atoms with E-state index in [1.165, 1.54) is 31.5 Å². The topological polar surface area (TPSA) is 45.4 Å². The fourth-order valence-corrected chi connectivity index (χ4v) is 2.81. The molecule has 0 spiro atoms. The lowest BCUT2D eigenvalue weighted by Gasteiger charge is -2.36. The molecule has 0 amide bonds. The van der Waals surface area contributed by atoms with Crippen LogP contribution in [0.2, 0.25) is 0 Å². The number of hydrogen-bond acceptors (Lipinski definition) is 4. The van der Waals surface area contributed by atoms with Gasteiger partial charge in [-0.2, -0.15) is 0 Å². The van der Waals surface area contributed by atoms with Crippen LogP contribution >= 0.6 is 0 Å². The van der Waals surface area contributed by atoms with E-state index in [4.69, 9.17) is 5.73 Å². The fourth-order valence-electron chi connectivity index (χ4n) is 2.81. The third-order valence-corrected chi connectivity index (χ3v) is 4.02. The minimum atomic E-state index is 0.573. The Balaban J connectivity index is 1.68. The minimum Gasteiger partial charge on any atom is -0.354 e. The molecule has 1 saturated carbocycles. The molecule has 1 aromatic heterocycles. The van der Waals surface area contributed by atoms with E-state index >= 15 is 0 Å². The molecule has 1 saturated heterocycles. The van der Waals surface area contributed by atoms with E-state index in [0.29, 0.717) is 6.54 Å². The molecule has 2 heterocycles. The van der Waals surface area contributed by atoms with Crippen molar-refractivity contribution in [3.05, 3.63) is 23.4 Å². The van der Waals surface area contributed by atoms with Crippen LogP contribution < -0.4 is 10.6 Å². The van der Waals surface area contributed by atoms with Gasteiger partial charge in [0.15, 0.2) is 0 Å². The molecule has 4 nitrogen and oxygen atoms in total. The Bertz CT molecular complexity index is 420. The van der Waals surface area contributed by atoms with Crippen LogP contribution in [-0.2, 0) is 6.54 Å². The van der Waals surface area contributed by atoms with Crippen LogP contribution in [0, 0.1) is 6.92 Å². The Morgan fingerprint density at radius 3 is 2.56 bits per heavy atom. The Labute approximate surface area is 109 Å². The predicted octanol–water partition coefficient (Wildman–Crippen LogP) is 1.13. The average molecular weight is 246 g/mol. The number of rotatable bonds is 3. The lowest BCUT2D eigenvalue weighted by Crippen LogP contribution is -2.47. The standard InChI is InChI=1S/C14H22N4/c1-11-8-12(9-15)10-16-14(11)18-6-4-17(5-7-18)13-2-3-13/h8,10,13H,2-7,9,15H2,1H3. The molecule has 0 bridgehead atoms. The molecule has 1 aliphatic heterocycles. The monoisotopic (exact) mass is 246 g/mol. The van der Waals surface area contributed by atoms with Crippen molar-refractivity contribution in [1.82, 2.24) is 9.88 Å². The van der Waals surface area contributed by atoms with Gasteiger partial charge in [0.2, 0.25) is 0 Å². The van der Waals surface area contributed by atoms with E-state index in [1.54, 1.807) is 0 Å². The summed E-state index contributed by atoms with van der Waals surface area (Å²) in [5.74, 6) is 1.14. The SMILES string of the molecule is Cc1cc(CN)cnc1N1CCN(C2CC2)CC1. The molecule has 0 aromatic carbocycles. The first-order valence-corrected chi connectivity index (χ1v) is 6.92. The van der Waals surface area contributed by atoms with Crippen molar-refractivity contribution in [2.45, 2.75) is 32.4 Å². The number of aromatic nitrogens is 1. The Morgan fingerprint density at radius 1 is 1.28 bits per heavy atom. The van der Waals surface area contributed by atoms with Crippen molar-refractivity contribution in [2.24, 2.45) is 5.73 Å². The van der Waals surface area contributed by atoms with Crippen molar-refractivity contribution < 1.29 is 0 Å². The highest BCUT2D eigenvalue weighted by molar-refractivity contribution is 5.47. The van der Waals surface area contributed by atoms with Crippen LogP contribution in [0.15, 0.2) is 12.3 Å². The molecule has 2 fully saturated rings. The van der Waals surface area contributed by atoms with Gasteiger partial charge >= 0.3 is 0 Å². The van der Waals surface area contributed by atoms with Crippen LogP contribution in [0.25, 0.3) is 0 Å². The molecule has 18 heavy (non-hydrogen) atoms. The molecule has 0 radical (unpaired) electrons. The summed E-state index contributed by atoms with van der Waals surface area (Å²) in [7, 11) is 0. The number of nitrogens with two attached hydrogens (primary N) is 1. The molecule has 0 unspecified atom stereocenters. The lowest BCUT2D eigenvalue weighted by atomic mass is 10.2. The van der Waals surface area contributed by atoms with Gasteiger partial charge in [0, 0.05) is 45.0 Å². The summed E-state index contributed by atoms with van der Waals surface area (Å²) >= 11 is 0. The molecule has 98 valence electrons. The molecule has 1 aromatic rings. The van der Waals surface area contributed by atoms with E-state index in [1.807, 2.05) is 6.20 Å². The molecule has 2 N–H and O–H groups in total. The number of piperazine rings is 1. The van der Waals surface area contributed by atoms with Gasteiger partial charge in [-0.1, -0.05) is 0 Å². The zero-order chi connectivity index (χ0) is 12.5. The third kappa shape index (κ3) is 2.35. The van der Waals surface area contributed by atoms with Crippen LogP contribution in [0.5, 0.6) is 0 Å². The van der Waals surface area contributed by atoms with E-state index < -0.39 is 0 Å². The van der Waals surface area contributed by atoms with Crippen LogP contribution in [-0.4, -0.2) is 42.1 Å². The largest absolute Gasteiger partial charge is 0.354 e. The van der Waals surface area contributed by atoms with Gasteiger partial charge in [-0.3, -0.25) is 4.90 Å². The summed E-state index contributed by atoms with van der Waals surface area (Å²) < 4.78 is 0. The van der Waals surface area contributed by atoms with Crippen molar-refractivity contribution in [1.29, 1.82) is 0 Å². The second-order valence-electron chi connectivity index (χ2n) is 5.44. The number of nitrogens with zero attached hydrogens (tertiary/aromatic N) is 3. The summed E-state index contributed by atoms with van der Waals surface area (Å²) in [6.45, 7) is 7.28. The first-order chi connectivity index (χ1) is 8.78. The molecule has 4 heteroatoms. The summed E-state index contributed by atoms with van der Waals surface area (Å²) in [5, 5.41) is 0. The Morgan fingerprint density at radius 2 is 2.00 bits per heavy atom. The number of hydrogen-bond donors (Lipinski definition) is 1. The van der Waals surface area contributed by atoms with Gasteiger partial charge in [0.05, 0.1) is 0 Å². The second kappa shape index (κ2) is 4.86. The van der Waals surface area contributed by atoms with Gasteiger partial charge < -0.3 is 10.6 Å². The number of pyridine rings is 1. The molecule has 0 atom stereocenters.